The quantitative estimate of drug-likeness (QED) is 0.162. The number of nitrogens with two attached hydrogens (primary N) is 1. The average Bonchev–Trinajstić information content (AvgIpc) is 3.31. The second kappa shape index (κ2) is 10.4. The summed E-state index contributed by atoms with van der Waals surface area (Å²) >= 11 is 0. The van der Waals surface area contributed by atoms with Crippen LogP contribution in [-0.4, -0.2) is 40.5 Å². The number of aromatic nitrogens is 1. The molecule has 3 heterocycles. The van der Waals surface area contributed by atoms with Crippen LogP contribution in [0.2, 0.25) is 0 Å². The summed E-state index contributed by atoms with van der Waals surface area (Å²) in [5, 5.41) is 26.8. The summed E-state index contributed by atoms with van der Waals surface area (Å²) in [6, 6.07) is 18.7. The topological polar surface area (TPSA) is 136 Å². The summed E-state index contributed by atoms with van der Waals surface area (Å²) in [5.74, 6) is 0.755. The number of hydrogen-bond donors (Lipinski definition) is 4. The molecule has 0 saturated carbocycles. The molecule has 1 aliphatic rings. The Balaban J connectivity index is 1.24. The average molecular weight is 495 g/mol. The Bertz CT molecular complexity index is 1460. The summed E-state index contributed by atoms with van der Waals surface area (Å²) in [5.41, 5.74) is 10.2. The van der Waals surface area contributed by atoms with Crippen molar-refractivity contribution in [1.82, 2.24) is 9.88 Å². The minimum atomic E-state index is -0.126. The van der Waals surface area contributed by atoms with Crippen LogP contribution in [0.5, 0.6) is 0 Å². The molecule has 1 atom stereocenters. The van der Waals surface area contributed by atoms with Gasteiger partial charge in [-0.3, -0.25) is 26.1 Å². The molecule has 2 aromatic carbocycles. The van der Waals surface area contributed by atoms with Crippen LogP contribution in [0.1, 0.15) is 41.0 Å². The van der Waals surface area contributed by atoms with Crippen LogP contribution in [0.15, 0.2) is 71.3 Å². The van der Waals surface area contributed by atoms with Crippen LogP contribution in [0, 0.1) is 29.1 Å². The number of hydrogen-bond acceptors (Lipinski definition) is 8. The van der Waals surface area contributed by atoms with Gasteiger partial charge < -0.3 is 14.9 Å². The zero-order valence-electron chi connectivity index (χ0n) is 20.8. The highest BCUT2D eigenvalue weighted by Gasteiger charge is 2.26. The van der Waals surface area contributed by atoms with Gasteiger partial charge >= 0.3 is 0 Å². The SMILES string of the molecule is Cc1cc(C(=N)c2cc(C(=N)OC(=N)C3CCCN(Cc4cc5ccccc5o4)C3)ccc2N)ccn1. The van der Waals surface area contributed by atoms with Crippen molar-refractivity contribution < 1.29 is 9.15 Å². The number of fused-ring (bicyclic) bond motifs is 1. The molecular weight excluding hydrogens is 464 g/mol. The van der Waals surface area contributed by atoms with Crippen LogP contribution < -0.4 is 5.73 Å². The molecule has 0 spiro atoms. The van der Waals surface area contributed by atoms with E-state index in [-0.39, 0.29) is 23.4 Å². The molecule has 0 radical (unpaired) electrons. The van der Waals surface area contributed by atoms with Gasteiger partial charge in [0.25, 0.3) is 0 Å². The standard InChI is InChI=1S/C29H30N6O2/c1-18-13-20(10-11-34-18)27(31)24-15-21(8-9-25(24)30)28(32)37-29(33)22-6-4-12-35(16-22)17-23-14-19-5-2-3-7-26(19)36-23/h2-3,5,7-11,13-15,22,31-33H,4,6,12,16-17,30H2,1H3. The fourth-order valence-electron chi connectivity index (χ4n) is 4.77. The molecule has 8 heteroatoms. The van der Waals surface area contributed by atoms with Gasteiger partial charge in [-0.05, 0) is 68.8 Å². The van der Waals surface area contributed by atoms with E-state index in [0.717, 1.165) is 41.8 Å². The first-order valence-corrected chi connectivity index (χ1v) is 12.3. The van der Waals surface area contributed by atoms with Crippen molar-refractivity contribution in [3.63, 3.8) is 0 Å². The summed E-state index contributed by atoms with van der Waals surface area (Å²) in [6.45, 7) is 4.14. The number of pyridine rings is 1. The van der Waals surface area contributed by atoms with E-state index in [0.29, 0.717) is 35.5 Å². The van der Waals surface area contributed by atoms with E-state index < -0.39 is 0 Å². The Morgan fingerprint density at radius 1 is 1.08 bits per heavy atom. The number of aryl methyl sites for hydroxylation is 1. The Morgan fingerprint density at radius 2 is 1.92 bits per heavy atom. The zero-order chi connectivity index (χ0) is 25.9. The van der Waals surface area contributed by atoms with Gasteiger partial charge in [-0.1, -0.05) is 18.2 Å². The monoisotopic (exact) mass is 494 g/mol. The third kappa shape index (κ3) is 5.44. The number of nitrogen functional groups attached to an aromatic ring is 1. The van der Waals surface area contributed by atoms with Crippen molar-refractivity contribution in [3.8, 4) is 0 Å². The van der Waals surface area contributed by atoms with Crippen LogP contribution in [0.3, 0.4) is 0 Å². The molecule has 188 valence electrons. The van der Waals surface area contributed by atoms with Crippen LogP contribution in [0.25, 0.3) is 11.0 Å². The maximum atomic E-state index is 8.62. The lowest BCUT2D eigenvalue weighted by Crippen LogP contribution is -2.39. The maximum absolute atomic E-state index is 8.62. The van der Waals surface area contributed by atoms with Gasteiger partial charge in [-0.25, -0.2) is 0 Å². The van der Waals surface area contributed by atoms with E-state index in [1.54, 1.807) is 30.5 Å². The van der Waals surface area contributed by atoms with Crippen molar-refractivity contribution in [2.45, 2.75) is 26.3 Å². The summed E-state index contributed by atoms with van der Waals surface area (Å²) in [4.78, 5) is 6.46. The Hall–Kier alpha value is -4.30. The van der Waals surface area contributed by atoms with Crippen LogP contribution >= 0.6 is 0 Å². The van der Waals surface area contributed by atoms with Crippen molar-refractivity contribution in [3.05, 3.63) is 95.0 Å². The number of piperidine rings is 1. The number of benzene rings is 2. The first-order chi connectivity index (χ1) is 17.9. The highest BCUT2D eigenvalue weighted by Crippen LogP contribution is 2.25. The van der Waals surface area contributed by atoms with Crippen LogP contribution in [-0.2, 0) is 11.3 Å². The molecule has 37 heavy (non-hydrogen) atoms. The second-order valence-corrected chi connectivity index (χ2v) is 9.48. The number of para-hydroxylation sites is 1. The Labute approximate surface area is 215 Å². The normalized spacial score (nSPS) is 16.0. The largest absolute Gasteiger partial charge is 0.460 e. The van der Waals surface area contributed by atoms with E-state index in [2.05, 4.69) is 16.0 Å². The molecule has 5 N–H and O–H groups in total. The molecule has 1 saturated heterocycles. The molecule has 0 amide bonds. The number of rotatable bonds is 6. The van der Waals surface area contributed by atoms with Crippen LogP contribution in [0.4, 0.5) is 5.69 Å². The molecule has 2 aromatic heterocycles. The van der Waals surface area contributed by atoms with Gasteiger partial charge in [0.05, 0.1) is 12.3 Å². The maximum Gasteiger partial charge on any atom is 0.220 e. The lowest BCUT2D eigenvalue weighted by atomic mass is 9.97. The summed E-state index contributed by atoms with van der Waals surface area (Å²) in [6.07, 6.45) is 3.44. The van der Waals surface area contributed by atoms with Gasteiger partial charge in [-0.2, -0.15) is 0 Å². The first kappa shape index (κ1) is 24.4. The van der Waals surface area contributed by atoms with Gasteiger partial charge in [0.1, 0.15) is 11.3 Å². The molecule has 4 aromatic rings. The number of nitrogens with zero attached hydrogens (tertiary/aromatic N) is 2. The number of ether oxygens (including phenoxy) is 1. The van der Waals surface area contributed by atoms with Gasteiger partial charge in [0, 0.05) is 52.1 Å². The van der Waals surface area contributed by atoms with E-state index in [4.69, 9.17) is 31.1 Å². The van der Waals surface area contributed by atoms with E-state index in [1.807, 2.05) is 37.3 Å². The van der Waals surface area contributed by atoms with Gasteiger partial charge in [-0.15, -0.1) is 0 Å². The van der Waals surface area contributed by atoms with Gasteiger partial charge in [0.15, 0.2) is 5.90 Å². The highest BCUT2D eigenvalue weighted by atomic mass is 16.5. The van der Waals surface area contributed by atoms with Crippen molar-refractivity contribution in [1.29, 1.82) is 16.2 Å². The smallest absolute Gasteiger partial charge is 0.220 e. The molecule has 0 aliphatic carbocycles. The lowest BCUT2D eigenvalue weighted by molar-refractivity contribution is 0.176. The molecule has 1 unspecified atom stereocenters. The first-order valence-electron chi connectivity index (χ1n) is 12.3. The van der Waals surface area contributed by atoms with Crippen molar-refractivity contribution in [2.75, 3.05) is 18.8 Å². The zero-order valence-corrected chi connectivity index (χ0v) is 20.8. The molecular formula is C29H30N6O2. The highest BCUT2D eigenvalue weighted by molar-refractivity contribution is 6.15. The molecule has 8 nitrogen and oxygen atoms in total. The number of nitrogens with one attached hydrogen (secondary N) is 3. The second-order valence-electron chi connectivity index (χ2n) is 9.48. The molecule has 5 rings (SSSR count). The number of likely N-dealkylation sites (tertiary alicyclic amines) is 1. The lowest BCUT2D eigenvalue weighted by Gasteiger charge is -2.31. The Morgan fingerprint density at radius 3 is 2.73 bits per heavy atom. The van der Waals surface area contributed by atoms with Crippen molar-refractivity contribution in [2.24, 2.45) is 5.92 Å². The van der Waals surface area contributed by atoms with Gasteiger partial charge in [0.2, 0.25) is 5.90 Å². The van der Waals surface area contributed by atoms with Crippen molar-refractivity contribution >= 4 is 34.2 Å². The molecule has 1 aliphatic heterocycles. The predicted octanol–water partition coefficient (Wildman–Crippen LogP) is 5.37. The minimum Gasteiger partial charge on any atom is -0.460 e. The fraction of sp³-hybridized carbons (Fsp3) is 0.241. The predicted molar refractivity (Wildman–Crippen MR) is 146 cm³/mol. The number of anilines is 1. The number of furan rings is 1. The summed E-state index contributed by atoms with van der Waals surface area (Å²) in [7, 11) is 0. The third-order valence-corrected chi connectivity index (χ3v) is 6.71. The summed E-state index contributed by atoms with van der Waals surface area (Å²) < 4.78 is 11.7. The molecule has 1 fully saturated rings. The van der Waals surface area contributed by atoms with E-state index >= 15 is 0 Å². The molecule has 0 bridgehead atoms. The Kier molecular flexibility index (Phi) is 6.83. The van der Waals surface area contributed by atoms with E-state index in [1.165, 1.54) is 0 Å². The fourth-order valence-corrected chi connectivity index (χ4v) is 4.77. The van der Waals surface area contributed by atoms with E-state index in [9.17, 15) is 0 Å². The third-order valence-electron chi connectivity index (χ3n) is 6.71. The minimum absolute atomic E-state index is 0.0810.